The first-order valence-electron chi connectivity index (χ1n) is 7.16. The van der Waals surface area contributed by atoms with Crippen molar-refractivity contribution in [1.29, 1.82) is 0 Å². The average molecular weight is 336 g/mol. The van der Waals surface area contributed by atoms with Crippen molar-refractivity contribution in [2.75, 3.05) is 36.4 Å². The van der Waals surface area contributed by atoms with Crippen LogP contribution < -0.4 is 10.2 Å². The lowest BCUT2D eigenvalue weighted by Gasteiger charge is -2.34. The van der Waals surface area contributed by atoms with Gasteiger partial charge in [0.05, 0.1) is 5.69 Å². The van der Waals surface area contributed by atoms with E-state index in [1.54, 1.807) is 23.4 Å². The quantitative estimate of drug-likeness (QED) is 0.916. The van der Waals surface area contributed by atoms with Crippen LogP contribution in [0.1, 0.15) is 0 Å². The average Bonchev–Trinajstić information content (AvgIpc) is 2.58. The van der Waals surface area contributed by atoms with Crippen LogP contribution in [-0.2, 0) is 0 Å². The Hall–Kier alpha value is -2.41. The summed E-state index contributed by atoms with van der Waals surface area (Å²) < 4.78 is 13.7. The molecule has 1 N–H and O–H groups in total. The van der Waals surface area contributed by atoms with E-state index in [0.29, 0.717) is 32.1 Å². The number of urea groups is 1. The normalized spacial score (nSPS) is 14.7. The molecule has 0 saturated carbocycles. The summed E-state index contributed by atoms with van der Waals surface area (Å²) in [5.74, 6) is 0.0958. The number of rotatable bonds is 2. The summed E-state index contributed by atoms with van der Waals surface area (Å²) in [5, 5.41) is 2.85. The lowest BCUT2D eigenvalue weighted by atomic mass is 10.3. The van der Waals surface area contributed by atoms with Crippen LogP contribution >= 0.6 is 11.6 Å². The molecule has 0 atom stereocenters. The number of piperazine rings is 1. The van der Waals surface area contributed by atoms with Gasteiger partial charge in [0, 0.05) is 43.6 Å². The van der Waals surface area contributed by atoms with Crippen LogP contribution in [0.2, 0.25) is 5.02 Å². The van der Waals surface area contributed by atoms with Crippen molar-refractivity contribution in [2.24, 2.45) is 0 Å². The highest BCUT2D eigenvalue weighted by Gasteiger charge is 2.23. The van der Waals surface area contributed by atoms with Crippen LogP contribution in [0, 0.1) is 5.82 Å². The summed E-state index contributed by atoms with van der Waals surface area (Å²) in [4.78, 5) is 24.2. The van der Waals surface area contributed by atoms with Gasteiger partial charge in [0.25, 0.3) is 0 Å². The van der Waals surface area contributed by atoms with Gasteiger partial charge < -0.3 is 15.1 Å². The monoisotopic (exact) mass is 335 g/mol. The molecule has 1 saturated heterocycles. The van der Waals surface area contributed by atoms with Gasteiger partial charge in [-0.2, -0.15) is 0 Å². The molecule has 2 heterocycles. The predicted molar refractivity (Wildman–Crippen MR) is 86.2 cm³/mol. The molecule has 1 aromatic heterocycles. The third-order valence-corrected chi connectivity index (χ3v) is 3.81. The van der Waals surface area contributed by atoms with Crippen molar-refractivity contribution in [3.05, 3.63) is 47.5 Å². The molecule has 23 heavy (non-hydrogen) atoms. The number of benzene rings is 1. The van der Waals surface area contributed by atoms with Gasteiger partial charge in [0.15, 0.2) is 0 Å². The molecule has 1 fully saturated rings. The SMILES string of the molecule is O=C(Nc1ccc(Cl)cc1F)N1CCN(c2ncccn2)CC1. The highest BCUT2D eigenvalue weighted by molar-refractivity contribution is 6.30. The van der Waals surface area contributed by atoms with Gasteiger partial charge in [-0.25, -0.2) is 19.2 Å². The maximum atomic E-state index is 13.7. The van der Waals surface area contributed by atoms with Crippen LogP contribution in [0.3, 0.4) is 0 Å². The van der Waals surface area contributed by atoms with Crippen LogP contribution in [-0.4, -0.2) is 47.1 Å². The van der Waals surface area contributed by atoms with E-state index in [2.05, 4.69) is 15.3 Å². The van der Waals surface area contributed by atoms with Crippen molar-refractivity contribution in [1.82, 2.24) is 14.9 Å². The molecule has 0 spiro atoms. The zero-order valence-electron chi connectivity index (χ0n) is 12.2. The van der Waals surface area contributed by atoms with Crippen molar-refractivity contribution >= 4 is 29.3 Å². The van der Waals surface area contributed by atoms with Gasteiger partial charge in [-0.3, -0.25) is 0 Å². The summed E-state index contributed by atoms with van der Waals surface area (Å²) >= 11 is 5.70. The number of anilines is 2. The fourth-order valence-electron chi connectivity index (χ4n) is 2.35. The molecule has 0 radical (unpaired) electrons. The number of aromatic nitrogens is 2. The molecule has 120 valence electrons. The van der Waals surface area contributed by atoms with Crippen LogP contribution in [0.15, 0.2) is 36.7 Å². The molecule has 0 unspecified atom stereocenters. The number of carbonyl (C=O) groups is 1. The smallest absolute Gasteiger partial charge is 0.322 e. The Morgan fingerprint density at radius 3 is 2.52 bits per heavy atom. The zero-order valence-corrected chi connectivity index (χ0v) is 13.0. The van der Waals surface area contributed by atoms with E-state index in [0.717, 1.165) is 0 Å². The van der Waals surface area contributed by atoms with Crippen LogP contribution in [0.25, 0.3) is 0 Å². The first-order valence-corrected chi connectivity index (χ1v) is 7.54. The van der Waals surface area contributed by atoms with E-state index in [4.69, 9.17) is 11.6 Å². The van der Waals surface area contributed by atoms with E-state index in [-0.39, 0.29) is 16.7 Å². The number of hydrogen-bond acceptors (Lipinski definition) is 4. The minimum absolute atomic E-state index is 0.119. The number of nitrogens with zero attached hydrogens (tertiary/aromatic N) is 4. The minimum Gasteiger partial charge on any atom is -0.337 e. The molecule has 2 amide bonds. The summed E-state index contributed by atoms with van der Waals surface area (Å²) in [6.45, 7) is 2.28. The molecule has 0 bridgehead atoms. The van der Waals surface area contributed by atoms with Crippen molar-refractivity contribution < 1.29 is 9.18 Å². The Kier molecular flexibility index (Phi) is 4.57. The molecule has 1 aromatic carbocycles. The fourth-order valence-corrected chi connectivity index (χ4v) is 2.51. The van der Waals surface area contributed by atoms with Gasteiger partial charge in [0.2, 0.25) is 5.95 Å². The van der Waals surface area contributed by atoms with Gasteiger partial charge in [-0.15, -0.1) is 0 Å². The summed E-state index contributed by atoms with van der Waals surface area (Å²) in [6, 6.07) is 5.57. The lowest BCUT2D eigenvalue weighted by molar-refractivity contribution is 0.208. The highest BCUT2D eigenvalue weighted by atomic mass is 35.5. The number of carbonyl (C=O) groups excluding carboxylic acids is 1. The molecule has 8 heteroatoms. The summed E-state index contributed by atoms with van der Waals surface area (Å²) in [6.07, 6.45) is 3.37. The van der Waals surface area contributed by atoms with Crippen molar-refractivity contribution in [3.8, 4) is 0 Å². The van der Waals surface area contributed by atoms with Crippen LogP contribution in [0.4, 0.5) is 20.8 Å². The van der Waals surface area contributed by atoms with Crippen molar-refractivity contribution in [2.45, 2.75) is 0 Å². The Bertz CT molecular complexity index is 692. The standard InChI is InChI=1S/C15H15ClFN5O/c16-11-2-3-13(12(17)10-11)20-15(23)22-8-6-21(7-9-22)14-18-4-1-5-19-14/h1-5,10H,6-9H2,(H,20,23). The van der Waals surface area contributed by atoms with E-state index in [1.165, 1.54) is 18.2 Å². The maximum absolute atomic E-state index is 13.7. The van der Waals surface area contributed by atoms with E-state index in [1.807, 2.05) is 4.90 Å². The summed E-state index contributed by atoms with van der Waals surface area (Å²) in [7, 11) is 0. The van der Waals surface area contributed by atoms with Gasteiger partial charge in [0.1, 0.15) is 5.82 Å². The summed E-state index contributed by atoms with van der Waals surface area (Å²) in [5.41, 5.74) is 0.119. The Morgan fingerprint density at radius 2 is 1.87 bits per heavy atom. The molecule has 6 nitrogen and oxygen atoms in total. The van der Waals surface area contributed by atoms with Gasteiger partial charge >= 0.3 is 6.03 Å². The van der Waals surface area contributed by atoms with Crippen molar-refractivity contribution in [3.63, 3.8) is 0 Å². The first kappa shape index (κ1) is 15.5. The van der Waals surface area contributed by atoms with E-state index >= 15 is 0 Å². The third kappa shape index (κ3) is 3.68. The molecule has 1 aliphatic heterocycles. The number of hydrogen-bond donors (Lipinski definition) is 1. The number of halogens is 2. The lowest BCUT2D eigenvalue weighted by Crippen LogP contribution is -2.50. The molecular formula is C15H15ClFN5O. The third-order valence-electron chi connectivity index (χ3n) is 3.57. The topological polar surface area (TPSA) is 61.4 Å². The zero-order chi connectivity index (χ0) is 16.2. The highest BCUT2D eigenvalue weighted by Crippen LogP contribution is 2.19. The molecular weight excluding hydrogens is 321 g/mol. The maximum Gasteiger partial charge on any atom is 0.322 e. The van der Waals surface area contributed by atoms with E-state index in [9.17, 15) is 9.18 Å². The van der Waals surface area contributed by atoms with Gasteiger partial charge in [-0.1, -0.05) is 11.6 Å². The largest absolute Gasteiger partial charge is 0.337 e. The molecule has 0 aliphatic carbocycles. The minimum atomic E-state index is -0.554. The second-order valence-corrected chi connectivity index (χ2v) is 5.51. The molecule has 3 rings (SSSR count). The first-order chi connectivity index (χ1) is 11.1. The Balaban J connectivity index is 1.58. The Morgan fingerprint density at radius 1 is 1.17 bits per heavy atom. The number of amides is 2. The van der Waals surface area contributed by atoms with Crippen LogP contribution in [0.5, 0.6) is 0 Å². The Labute approximate surface area is 137 Å². The predicted octanol–water partition coefficient (Wildman–Crippen LogP) is 2.62. The molecule has 1 aliphatic rings. The van der Waals surface area contributed by atoms with Gasteiger partial charge in [-0.05, 0) is 24.3 Å². The number of nitrogens with one attached hydrogen (secondary N) is 1. The van der Waals surface area contributed by atoms with E-state index < -0.39 is 5.82 Å². The second kappa shape index (κ2) is 6.78. The molecule has 2 aromatic rings. The second-order valence-electron chi connectivity index (χ2n) is 5.08. The fraction of sp³-hybridized carbons (Fsp3) is 0.267.